The van der Waals surface area contributed by atoms with Crippen LogP contribution in [0.25, 0.3) is 0 Å². The zero-order valence-electron chi connectivity index (χ0n) is 16.1. The minimum atomic E-state index is -0.824. The summed E-state index contributed by atoms with van der Waals surface area (Å²) in [4.78, 5) is 27.3. The SMILES string of the molecule is CCOc1ccccc1N1CC[NH+]([C@H](C(=O)NC(N)=O)c2ccccc2)CC1. The molecule has 0 unspecified atom stereocenters. The Balaban J connectivity index is 1.75. The molecule has 28 heavy (non-hydrogen) atoms. The highest BCUT2D eigenvalue weighted by Gasteiger charge is 2.35. The fraction of sp³-hybridized carbons (Fsp3) is 0.333. The van der Waals surface area contributed by atoms with Crippen LogP contribution < -0.4 is 25.6 Å². The molecular formula is C21H27N4O3+. The lowest BCUT2D eigenvalue weighted by molar-refractivity contribution is -0.922. The molecule has 0 radical (unpaired) electrons. The van der Waals surface area contributed by atoms with Crippen molar-refractivity contribution in [2.75, 3.05) is 37.7 Å². The maximum atomic E-state index is 12.7. The number of amides is 3. The van der Waals surface area contributed by atoms with Crippen LogP contribution in [0.3, 0.4) is 0 Å². The summed E-state index contributed by atoms with van der Waals surface area (Å²) in [5.74, 6) is 0.511. The first-order valence-electron chi connectivity index (χ1n) is 9.56. The number of hydrogen-bond acceptors (Lipinski definition) is 4. The van der Waals surface area contributed by atoms with Gasteiger partial charge in [-0.05, 0) is 19.1 Å². The predicted octanol–water partition coefficient (Wildman–Crippen LogP) is 0.726. The highest BCUT2D eigenvalue weighted by Crippen LogP contribution is 2.28. The number of piperazine rings is 1. The number of hydrogen-bond donors (Lipinski definition) is 3. The highest BCUT2D eigenvalue weighted by atomic mass is 16.5. The number of benzene rings is 2. The number of urea groups is 1. The smallest absolute Gasteiger partial charge is 0.319 e. The van der Waals surface area contributed by atoms with Crippen molar-refractivity contribution < 1.29 is 19.2 Å². The standard InChI is InChI=1S/C21H26N4O3/c1-2-28-18-11-7-6-10-17(18)24-12-14-25(15-13-24)19(20(26)23-21(22)27)16-8-4-3-5-9-16/h3-11,19H,2,12-15H2,1H3,(H3,22,23,26,27)/p+1/t19-/m0/s1. The molecule has 1 aliphatic heterocycles. The van der Waals surface area contributed by atoms with Gasteiger partial charge in [0, 0.05) is 5.56 Å². The second-order valence-electron chi connectivity index (χ2n) is 6.74. The number of rotatable bonds is 6. The van der Waals surface area contributed by atoms with Crippen LogP contribution in [0, 0.1) is 0 Å². The predicted molar refractivity (Wildman–Crippen MR) is 107 cm³/mol. The average molecular weight is 383 g/mol. The van der Waals surface area contributed by atoms with E-state index in [1.54, 1.807) is 0 Å². The second-order valence-corrected chi connectivity index (χ2v) is 6.74. The van der Waals surface area contributed by atoms with Crippen molar-refractivity contribution in [3.05, 3.63) is 60.2 Å². The molecule has 3 rings (SSSR count). The van der Waals surface area contributed by atoms with Crippen LogP contribution in [0.15, 0.2) is 54.6 Å². The Labute approximate surface area is 165 Å². The quantitative estimate of drug-likeness (QED) is 0.686. The number of ether oxygens (including phenoxy) is 1. The number of para-hydroxylation sites is 2. The number of primary amides is 1. The molecule has 1 heterocycles. The summed E-state index contributed by atoms with van der Waals surface area (Å²) >= 11 is 0. The number of nitrogens with one attached hydrogen (secondary N) is 2. The lowest BCUT2D eigenvalue weighted by Gasteiger charge is -2.37. The molecule has 1 saturated heterocycles. The van der Waals surface area contributed by atoms with Gasteiger partial charge in [-0.3, -0.25) is 10.1 Å². The van der Waals surface area contributed by atoms with Crippen molar-refractivity contribution in [2.45, 2.75) is 13.0 Å². The molecule has 0 aromatic heterocycles. The summed E-state index contributed by atoms with van der Waals surface area (Å²) in [5.41, 5.74) is 7.12. The van der Waals surface area contributed by atoms with Gasteiger partial charge in [0.05, 0.1) is 38.5 Å². The zero-order valence-corrected chi connectivity index (χ0v) is 16.1. The molecule has 0 spiro atoms. The minimum Gasteiger partial charge on any atom is -0.492 e. The van der Waals surface area contributed by atoms with E-state index >= 15 is 0 Å². The van der Waals surface area contributed by atoms with Crippen LogP contribution >= 0.6 is 0 Å². The summed E-state index contributed by atoms with van der Waals surface area (Å²) in [6.07, 6.45) is 0. The Morgan fingerprint density at radius 1 is 1.11 bits per heavy atom. The number of quaternary nitrogens is 1. The highest BCUT2D eigenvalue weighted by molar-refractivity contribution is 5.96. The van der Waals surface area contributed by atoms with Gasteiger partial charge in [0.15, 0.2) is 6.04 Å². The summed E-state index contributed by atoms with van der Waals surface area (Å²) in [5, 5.41) is 2.25. The van der Waals surface area contributed by atoms with E-state index in [-0.39, 0.29) is 5.91 Å². The fourth-order valence-corrected chi connectivity index (χ4v) is 3.73. The van der Waals surface area contributed by atoms with E-state index < -0.39 is 12.1 Å². The van der Waals surface area contributed by atoms with Gasteiger partial charge in [-0.15, -0.1) is 0 Å². The molecule has 2 aromatic carbocycles. The van der Waals surface area contributed by atoms with Gasteiger partial charge in [0.25, 0.3) is 5.91 Å². The molecule has 0 bridgehead atoms. The van der Waals surface area contributed by atoms with Gasteiger partial charge in [-0.1, -0.05) is 42.5 Å². The molecule has 2 aromatic rings. The van der Waals surface area contributed by atoms with E-state index in [2.05, 4.69) is 16.3 Å². The normalized spacial score (nSPS) is 15.7. The Morgan fingerprint density at radius 2 is 1.75 bits per heavy atom. The first kappa shape index (κ1) is 19.7. The Hall–Kier alpha value is -3.06. The topological polar surface area (TPSA) is 89.1 Å². The maximum Gasteiger partial charge on any atom is 0.319 e. The number of carbonyl (C=O) groups is 2. The van der Waals surface area contributed by atoms with Crippen molar-refractivity contribution in [2.24, 2.45) is 5.73 Å². The van der Waals surface area contributed by atoms with Crippen LogP contribution in [0.5, 0.6) is 5.75 Å². The van der Waals surface area contributed by atoms with Gasteiger partial charge < -0.3 is 20.3 Å². The first-order chi connectivity index (χ1) is 13.6. The first-order valence-corrected chi connectivity index (χ1v) is 9.56. The third-order valence-electron chi connectivity index (χ3n) is 4.96. The molecule has 0 aliphatic carbocycles. The molecule has 1 atom stereocenters. The van der Waals surface area contributed by atoms with E-state index in [0.29, 0.717) is 6.61 Å². The Morgan fingerprint density at radius 3 is 2.39 bits per heavy atom. The molecule has 148 valence electrons. The molecule has 0 saturated carbocycles. The lowest BCUT2D eigenvalue weighted by atomic mass is 10.0. The van der Waals surface area contributed by atoms with Crippen LogP contribution in [-0.2, 0) is 4.79 Å². The van der Waals surface area contributed by atoms with E-state index in [9.17, 15) is 9.59 Å². The van der Waals surface area contributed by atoms with Crippen molar-refractivity contribution in [1.82, 2.24) is 5.32 Å². The van der Waals surface area contributed by atoms with Gasteiger partial charge in [0.1, 0.15) is 5.75 Å². The van der Waals surface area contributed by atoms with Crippen LogP contribution in [0.2, 0.25) is 0 Å². The van der Waals surface area contributed by atoms with E-state index in [1.165, 1.54) is 0 Å². The third kappa shape index (κ3) is 4.61. The summed E-state index contributed by atoms with van der Waals surface area (Å²) in [6.45, 7) is 5.67. The van der Waals surface area contributed by atoms with Crippen LogP contribution in [-0.4, -0.2) is 44.7 Å². The van der Waals surface area contributed by atoms with Crippen molar-refractivity contribution in [1.29, 1.82) is 0 Å². The number of anilines is 1. The Kier molecular flexibility index (Phi) is 6.49. The summed E-state index contributed by atoms with van der Waals surface area (Å²) in [7, 11) is 0. The largest absolute Gasteiger partial charge is 0.492 e. The summed E-state index contributed by atoms with van der Waals surface area (Å²) < 4.78 is 5.75. The van der Waals surface area contributed by atoms with Crippen molar-refractivity contribution in [3.63, 3.8) is 0 Å². The molecule has 4 N–H and O–H groups in total. The summed E-state index contributed by atoms with van der Waals surface area (Å²) in [6, 6.07) is 16.2. The number of imide groups is 1. The monoisotopic (exact) mass is 383 g/mol. The van der Waals surface area contributed by atoms with Gasteiger partial charge in [-0.2, -0.15) is 0 Å². The van der Waals surface area contributed by atoms with Gasteiger partial charge in [0.2, 0.25) is 0 Å². The maximum absolute atomic E-state index is 12.7. The molecule has 7 heteroatoms. The van der Waals surface area contributed by atoms with Gasteiger partial charge in [-0.25, -0.2) is 4.79 Å². The molecule has 7 nitrogen and oxygen atoms in total. The van der Waals surface area contributed by atoms with Crippen LogP contribution in [0.1, 0.15) is 18.5 Å². The lowest BCUT2D eigenvalue weighted by Crippen LogP contribution is -3.16. The second kappa shape index (κ2) is 9.23. The number of nitrogens with two attached hydrogens (primary N) is 1. The average Bonchev–Trinajstić information content (AvgIpc) is 2.70. The number of nitrogens with zero attached hydrogens (tertiary/aromatic N) is 1. The Bertz CT molecular complexity index is 804. The van der Waals surface area contributed by atoms with Gasteiger partial charge >= 0.3 is 6.03 Å². The van der Waals surface area contributed by atoms with Crippen molar-refractivity contribution in [3.8, 4) is 5.75 Å². The molecule has 1 aliphatic rings. The van der Waals surface area contributed by atoms with E-state index in [0.717, 1.165) is 48.1 Å². The molecule has 1 fully saturated rings. The van der Waals surface area contributed by atoms with Crippen molar-refractivity contribution >= 4 is 17.6 Å². The third-order valence-corrected chi connectivity index (χ3v) is 4.96. The van der Waals surface area contributed by atoms with E-state index in [4.69, 9.17) is 10.5 Å². The zero-order chi connectivity index (χ0) is 19.9. The van der Waals surface area contributed by atoms with Crippen LogP contribution in [0.4, 0.5) is 10.5 Å². The fourth-order valence-electron chi connectivity index (χ4n) is 3.73. The number of carbonyl (C=O) groups excluding carboxylic acids is 2. The molecular weight excluding hydrogens is 356 g/mol. The van der Waals surface area contributed by atoms with E-state index in [1.807, 2.05) is 55.5 Å². The molecule has 3 amide bonds. The minimum absolute atomic E-state index is 0.364.